The summed E-state index contributed by atoms with van der Waals surface area (Å²) in [7, 11) is -1.90. The first-order valence-corrected chi connectivity index (χ1v) is 8.53. The van der Waals surface area contributed by atoms with E-state index in [1.807, 2.05) is 0 Å². The van der Waals surface area contributed by atoms with Crippen molar-refractivity contribution >= 4 is 38.6 Å². The van der Waals surface area contributed by atoms with Crippen LogP contribution in [0.1, 0.15) is 17.7 Å². The number of hydrogen-bond acceptors (Lipinski definition) is 5. The number of thiophene rings is 1. The van der Waals surface area contributed by atoms with Crippen molar-refractivity contribution in [2.75, 3.05) is 20.3 Å². The zero-order valence-electron chi connectivity index (χ0n) is 10.5. The molecule has 2 N–H and O–H groups in total. The number of thiocarbonyl (C=S) groups is 1. The van der Waals surface area contributed by atoms with Crippen LogP contribution in [0.25, 0.3) is 0 Å². The summed E-state index contributed by atoms with van der Waals surface area (Å²) >= 11 is 5.98. The monoisotopic (exact) mass is 320 g/mol. The van der Waals surface area contributed by atoms with Gasteiger partial charge >= 0.3 is 0 Å². The summed E-state index contributed by atoms with van der Waals surface area (Å²) in [6.07, 6.45) is 1.83. The molecule has 2 rings (SSSR count). The van der Waals surface area contributed by atoms with Crippen molar-refractivity contribution in [3.05, 3.63) is 17.0 Å². The zero-order chi connectivity index (χ0) is 14.0. The summed E-state index contributed by atoms with van der Waals surface area (Å²) in [4.78, 5) is 0.845. The van der Waals surface area contributed by atoms with E-state index in [1.54, 1.807) is 19.2 Å². The number of nitrogens with two attached hydrogens (primary N) is 1. The van der Waals surface area contributed by atoms with Gasteiger partial charge in [-0.25, -0.2) is 8.42 Å². The first-order chi connectivity index (χ1) is 8.96. The lowest BCUT2D eigenvalue weighted by molar-refractivity contribution is 0.177. The highest BCUT2D eigenvalue weighted by Crippen LogP contribution is 2.34. The highest BCUT2D eigenvalue weighted by molar-refractivity contribution is 7.91. The van der Waals surface area contributed by atoms with E-state index >= 15 is 0 Å². The molecule has 1 aliphatic rings. The maximum absolute atomic E-state index is 12.6. The molecule has 5 nitrogen and oxygen atoms in total. The van der Waals surface area contributed by atoms with E-state index in [0.717, 1.165) is 24.2 Å². The van der Waals surface area contributed by atoms with E-state index < -0.39 is 10.0 Å². The Hall–Kier alpha value is -0.540. The molecule has 8 heteroatoms. The summed E-state index contributed by atoms with van der Waals surface area (Å²) in [6, 6.07) is 3.33. The van der Waals surface area contributed by atoms with Crippen molar-refractivity contribution in [1.82, 2.24) is 4.31 Å². The number of hydrogen-bond donors (Lipinski definition) is 1. The van der Waals surface area contributed by atoms with Crippen molar-refractivity contribution < 1.29 is 13.2 Å². The topological polar surface area (TPSA) is 72.6 Å². The normalized spacial score (nSPS) is 15.9. The summed E-state index contributed by atoms with van der Waals surface area (Å²) in [5.41, 5.74) is 5.51. The quantitative estimate of drug-likeness (QED) is 0.764. The van der Waals surface area contributed by atoms with E-state index in [9.17, 15) is 8.42 Å². The van der Waals surface area contributed by atoms with Crippen molar-refractivity contribution in [3.63, 3.8) is 0 Å². The van der Waals surface area contributed by atoms with E-state index in [1.165, 1.54) is 4.31 Å². The Balaban J connectivity index is 2.25. The lowest BCUT2D eigenvalue weighted by Crippen LogP contribution is -2.35. The minimum absolute atomic E-state index is 0.107. The second-order valence-electron chi connectivity index (χ2n) is 4.32. The minimum atomic E-state index is -3.47. The maximum Gasteiger partial charge on any atom is 0.252 e. The van der Waals surface area contributed by atoms with Crippen LogP contribution in [0.5, 0.6) is 0 Å². The number of ether oxygens (including phenoxy) is 1. The predicted octanol–water partition coefficient (Wildman–Crippen LogP) is 1.18. The molecular weight excluding hydrogens is 304 g/mol. The van der Waals surface area contributed by atoms with Crippen LogP contribution in [-0.2, 0) is 14.8 Å². The fraction of sp³-hybridized carbons (Fsp3) is 0.545. The van der Waals surface area contributed by atoms with Crippen LogP contribution < -0.4 is 5.73 Å². The van der Waals surface area contributed by atoms with Gasteiger partial charge in [0.2, 0.25) is 0 Å². The van der Waals surface area contributed by atoms with Crippen molar-refractivity contribution in [3.8, 4) is 0 Å². The Morgan fingerprint density at radius 2 is 2.26 bits per heavy atom. The molecule has 0 saturated heterocycles. The van der Waals surface area contributed by atoms with E-state index in [2.05, 4.69) is 0 Å². The Labute approximate surface area is 122 Å². The van der Waals surface area contributed by atoms with Crippen LogP contribution in [-0.4, -0.2) is 44.0 Å². The summed E-state index contributed by atoms with van der Waals surface area (Å²) < 4.78 is 31.9. The average molecular weight is 320 g/mol. The van der Waals surface area contributed by atoms with Gasteiger partial charge in [-0.15, -0.1) is 11.3 Å². The van der Waals surface area contributed by atoms with Crippen LogP contribution in [0.15, 0.2) is 16.3 Å². The van der Waals surface area contributed by atoms with Crippen molar-refractivity contribution in [1.29, 1.82) is 0 Å². The third-order valence-corrected chi connectivity index (χ3v) is 6.74. The van der Waals surface area contributed by atoms with Gasteiger partial charge in [0, 0.05) is 19.7 Å². The molecule has 0 atom stereocenters. The molecule has 0 unspecified atom stereocenters. The number of rotatable bonds is 7. The molecule has 106 valence electrons. The predicted molar refractivity (Wildman–Crippen MR) is 79.0 cm³/mol. The van der Waals surface area contributed by atoms with Gasteiger partial charge in [-0.2, -0.15) is 4.31 Å². The third kappa shape index (κ3) is 3.32. The molecule has 0 aliphatic heterocycles. The second kappa shape index (κ2) is 5.84. The molecule has 0 aromatic carbocycles. The summed E-state index contributed by atoms with van der Waals surface area (Å²) in [5.74, 6) is 0. The standard InChI is InChI=1S/C11H16N2O3S3/c1-16-7-6-13(8-2-3-8)19(14,15)10-5-4-9(18-10)11(12)17/h4-5,8H,2-3,6-7H2,1H3,(H2,12,17). The van der Waals surface area contributed by atoms with Crippen LogP contribution in [0.3, 0.4) is 0 Å². The molecule has 0 bridgehead atoms. The highest BCUT2D eigenvalue weighted by atomic mass is 32.2. The highest BCUT2D eigenvalue weighted by Gasteiger charge is 2.38. The summed E-state index contributed by atoms with van der Waals surface area (Å²) in [5, 5.41) is 0. The molecule has 1 heterocycles. The van der Waals surface area contributed by atoms with Gasteiger partial charge in [0.1, 0.15) is 9.20 Å². The van der Waals surface area contributed by atoms with Gasteiger partial charge in [0.25, 0.3) is 10.0 Å². The molecule has 1 fully saturated rings. The molecule has 19 heavy (non-hydrogen) atoms. The molecule has 0 spiro atoms. The van der Waals surface area contributed by atoms with Crippen LogP contribution in [0.4, 0.5) is 0 Å². The number of sulfonamides is 1. The molecular formula is C11H16N2O3S3. The Kier molecular flexibility index (Phi) is 4.57. The Morgan fingerprint density at radius 3 is 2.74 bits per heavy atom. The fourth-order valence-electron chi connectivity index (χ4n) is 1.75. The lowest BCUT2D eigenvalue weighted by Gasteiger charge is -2.20. The Bertz CT molecular complexity index is 563. The van der Waals surface area contributed by atoms with Gasteiger partial charge in [0.05, 0.1) is 11.5 Å². The molecule has 1 saturated carbocycles. The molecule has 0 amide bonds. The van der Waals surface area contributed by atoms with Crippen molar-refractivity contribution in [2.45, 2.75) is 23.1 Å². The molecule has 1 aliphatic carbocycles. The number of methoxy groups -OCH3 is 1. The lowest BCUT2D eigenvalue weighted by atomic mass is 10.5. The fourth-order valence-corrected chi connectivity index (χ4v) is 4.90. The summed E-state index contributed by atoms with van der Waals surface area (Å²) in [6.45, 7) is 0.771. The van der Waals surface area contributed by atoms with E-state index in [0.29, 0.717) is 22.2 Å². The first-order valence-electron chi connectivity index (χ1n) is 5.87. The van der Waals surface area contributed by atoms with E-state index in [-0.39, 0.29) is 11.0 Å². The number of nitrogens with zero attached hydrogens (tertiary/aromatic N) is 1. The van der Waals surface area contributed by atoms with Gasteiger partial charge in [-0.1, -0.05) is 12.2 Å². The second-order valence-corrected chi connectivity index (χ2v) is 7.96. The SMILES string of the molecule is COCCN(C1CC1)S(=O)(=O)c1ccc(C(N)=S)s1. The third-order valence-electron chi connectivity index (χ3n) is 2.86. The minimum Gasteiger partial charge on any atom is -0.389 e. The maximum atomic E-state index is 12.6. The van der Waals surface area contributed by atoms with Gasteiger partial charge < -0.3 is 10.5 Å². The van der Waals surface area contributed by atoms with Crippen LogP contribution in [0.2, 0.25) is 0 Å². The van der Waals surface area contributed by atoms with Gasteiger partial charge in [0.15, 0.2) is 0 Å². The van der Waals surface area contributed by atoms with Crippen molar-refractivity contribution in [2.24, 2.45) is 5.73 Å². The van der Waals surface area contributed by atoms with Gasteiger partial charge in [-0.3, -0.25) is 0 Å². The smallest absolute Gasteiger partial charge is 0.252 e. The molecule has 1 aromatic rings. The van der Waals surface area contributed by atoms with E-state index in [4.69, 9.17) is 22.7 Å². The Morgan fingerprint density at radius 1 is 1.58 bits per heavy atom. The molecule has 0 radical (unpaired) electrons. The zero-order valence-corrected chi connectivity index (χ0v) is 13.0. The molecule has 1 aromatic heterocycles. The largest absolute Gasteiger partial charge is 0.389 e. The van der Waals surface area contributed by atoms with Crippen LogP contribution in [0, 0.1) is 0 Å². The van der Waals surface area contributed by atoms with Crippen LogP contribution >= 0.6 is 23.6 Å². The van der Waals surface area contributed by atoms with Gasteiger partial charge in [-0.05, 0) is 25.0 Å². The first kappa shape index (κ1) is 14.9. The average Bonchev–Trinajstić information content (AvgIpc) is 3.04.